The van der Waals surface area contributed by atoms with E-state index >= 15 is 0 Å². The second kappa shape index (κ2) is 7.85. The molecule has 0 bridgehead atoms. The summed E-state index contributed by atoms with van der Waals surface area (Å²) >= 11 is 1.23. The summed E-state index contributed by atoms with van der Waals surface area (Å²) in [5, 5.41) is 7.55. The maximum Gasteiger partial charge on any atom is 0.270 e. The Labute approximate surface area is 139 Å². The van der Waals surface area contributed by atoms with Gasteiger partial charge in [-0.1, -0.05) is 17.7 Å². The number of likely N-dealkylation sites (N-methyl/N-ethyl adjacent to an activating group) is 1. The smallest absolute Gasteiger partial charge is 0.270 e. The normalized spacial score (nSPS) is 10.6. The van der Waals surface area contributed by atoms with Crippen molar-refractivity contribution < 1.29 is 9.59 Å². The summed E-state index contributed by atoms with van der Waals surface area (Å²) in [4.78, 5) is 30.2. The second-order valence-electron chi connectivity index (χ2n) is 5.42. The number of rotatable bonds is 6. The van der Waals surface area contributed by atoms with E-state index < -0.39 is 0 Å². The standard InChI is InChI=1S/C16H20N4O2S/c1-11-5-4-6-12(9-11)14(21)19-16-18-13(10-23-16)15(22)17-7-8-20(2)3/h4-6,9-10H,7-8H2,1-3H3,(H,17,22)(H,18,19,21). The molecule has 1 heterocycles. The van der Waals surface area contributed by atoms with Crippen LogP contribution in [-0.2, 0) is 0 Å². The van der Waals surface area contributed by atoms with Crippen molar-refractivity contribution in [2.75, 3.05) is 32.5 Å². The van der Waals surface area contributed by atoms with Crippen molar-refractivity contribution in [3.05, 3.63) is 46.5 Å². The molecule has 0 aliphatic carbocycles. The van der Waals surface area contributed by atoms with E-state index in [9.17, 15) is 9.59 Å². The third kappa shape index (κ3) is 5.15. The van der Waals surface area contributed by atoms with E-state index in [1.165, 1.54) is 11.3 Å². The van der Waals surface area contributed by atoms with Gasteiger partial charge in [-0.3, -0.25) is 14.9 Å². The van der Waals surface area contributed by atoms with E-state index in [-0.39, 0.29) is 11.8 Å². The van der Waals surface area contributed by atoms with Gasteiger partial charge in [0.2, 0.25) is 0 Å². The van der Waals surface area contributed by atoms with Crippen LogP contribution in [0, 0.1) is 6.92 Å². The minimum absolute atomic E-state index is 0.234. The lowest BCUT2D eigenvalue weighted by molar-refractivity contribution is 0.0945. The zero-order chi connectivity index (χ0) is 16.8. The number of carbonyl (C=O) groups excluding carboxylic acids is 2. The molecule has 7 heteroatoms. The van der Waals surface area contributed by atoms with Gasteiger partial charge in [-0.05, 0) is 33.2 Å². The Morgan fingerprint density at radius 1 is 1.26 bits per heavy atom. The molecule has 1 aromatic heterocycles. The van der Waals surface area contributed by atoms with Crippen molar-refractivity contribution in [2.45, 2.75) is 6.92 Å². The highest BCUT2D eigenvalue weighted by Crippen LogP contribution is 2.16. The highest BCUT2D eigenvalue weighted by Gasteiger charge is 2.13. The topological polar surface area (TPSA) is 74.3 Å². The Hall–Kier alpha value is -2.25. The lowest BCUT2D eigenvalue weighted by Crippen LogP contribution is -2.31. The van der Waals surface area contributed by atoms with E-state index in [4.69, 9.17) is 0 Å². The van der Waals surface area contributed by atoms with E-state index in [2.05, 4.69) is 15.6 Å². The van der Waals surface area contributed by atoms with E-state index in [1.54, 1.807) is 17.5 Å². The second-order valence-corrected chi connectivity index (χ2v) is 6.28. The molecule has 0 unspecified atom stereocenters. The number of anilines is 1. The molecule has 6 nitrogen and oxygen atoms in total. The number of amides is 2. The molecule has 2 rings (SSSR count). The van der Waals surface area contributed by atoms with Gasteiger partial charge in [0.15, 0.2) is 5.13 Å². The maximum absolute atomic E-state index is 12.1. The predicted octanol–water partition coefficient (Wildman–Crippen LogP) is 2.00. The Morgan fingerprint density at radius 2 is 2.04 bits per heavy atom. The lowest BCUT2D eigenvalue weighted by atomic mass is 10.1. The van der Waals surface area contributed by atoms with E-state index in [0.29, 0.717) is 22.9 Å². The molecule has 23 heavy (non-hydrogen) atoms. The van der Waals surface area contributed by atoms with E-state index in [0.717, 1.165) is 12.1 Å². The largest absolute Gasteiger partial charge is 0.349 e. The Balaban J connectivity index is 1.94. The summed E-state index contributed by atoms with van der Waals surface area (Å²) in [5.41, 5.74) is 1.89. The molecule has 0 aliphatic heterocycles. The van der Waals surface area contributed by atoms with Gasteiger partial charge in [0.25, 0.3) is 11.8 Å². The Morgan fingerprint density at radius 3 is 2.74 bits per heavy atom. The number of benzene rings is 1. The summed E-state index contributed by atoms with van der Waals surface area (Å²) in [6.45, 7) is 3.23. The van der Waals surface area contributed by atoms with Gasteiger partial charge in [0, 0.05) is 24.0 Å². The highest BCUT2D eigenvalue weighted by atomic mass is 32.1. The first-order valence-corrected chi connectivity index (χ1v) is 8.10. The molecule has 0 atom stereocenters. The molecule has 1 aromatic carbocycles. The van der Waals surface area contributed by atoms with Crippen molar-refractivity contribution in [1.82, 2.24) is 15.2 Å². The summed E-state index contributed by atoms with van der Waals surface area (Å²) in [7, 11) is 3.88. The number of hydrogen-bond donors (Lipinski definition) is 2. The zero-order valence-electron chi connectivity index (χ0n) is 13.4. The first-order valence-electron chi connectivity index (χ1n) is 7.22. The van der Waals surface area contributed by atoms with Crippen LogP contribution in [0.15, 0.2) is 29.6 Å². The third-order valence-corrected chi connectivity index (χ3v) is 3.84. The molecular formula is C16H20N4O2S. The van der Waals surface area contributed by atoms with Gasteiger partial charge in [0.05, 0.1) is 0 Å². The Kier molecular flexibility index (Phi) is 5.84. The fraction of sp³-hybridized carbons (Fsp3) is 0.312. The maximum atomic E-state index is 12.1. The van der Waals surface area contributed by atoms with Gasteiger partial charge in [-0.2, -0.15) is 0 Å². The average molecular weight is 332 g/mol. The summed E-state index contributed by atoms with van der Waals surface area (Å²) in [6.07, 6.45) is 0. The molecule has 0 spiro atoms. The lowest BCUT2D eigenvalue weighted by Gasteiger charge is -2.09. The number of nitrogens with one attached hydrogen (secondary N) is 2. The van der Waals surface area contributed by atoms with Crippen molar-refractivity contribution in [3.8, 4) is 0 Å². The average Bonchev–Trinajstić information content (AvgIpc) is 2.95. The summed E-state index contributed by atoms with van der Waals surface area (Å²) in [5.74, 6) is -0.471. The van der Waals surface area contributed by atoms with Crippen molar-refractivity contribution >= 4 is 28.3 Å². The van der Waals surface area contributed by atoms with Crippen LogP contribution in [-0.4, -0.2) is 48.9 Å². The van der Waals surface area contributed by atoms with Crippen molar-refractivity contribution in [2.24, 2.45) is 0 Å². The van der Waals surface area contributed by atoms with Gasteiger partial charge in [-0.15, -0.1) is 11.3 Å². The van der Waals surface area contributed by atoms with Crippen LogP contribution in [0.1, 0.15) is 26.4 Å². The Bertz CT molecular complexity index is 697. The van der Waals surface area contributed by atoms with Crippen LogP contribution in [0.4, 0.5) is 5.13 Å². The minimum atomic E-state index is -0.237. The van der Waals surface area contributed by atoms with Crippen LogP contribution < -0.4 is 10.6 Å². The molecule has 0 saturated heterocycles. The number of aromatic nitrogens is 1. The molecule has 0 saturated carbocycles. The monoisotopic (exact) mass is 332 g/mol. The molecule has 122 valence electrons. The molecule has 0 radical (unpaired) electrons. The van der Waals surface area contributed by atoms with Gasteiger partial charge < -0.3 is 10.2 Å². The van der Waals surface area contributed by atoms with Gasteiger partial charge >= 0.3 is 0 Å². The zero-order valence-corrected chi connectivity index (χ0v) is 14.2. The van der Waals surface area contributed by atoms with Crippen LogP contribution in [0.2, 0.25) is 0 Å². The molecule has 0 fully saturated rings. The first kappa shape index (κ1) is 17.1. The van der Waals surface area contributed by atoms with Gasteiger partial charge in [-0.25, -0.2) is 4.98 Å². The number of thiazole rings is 1. The molecular weight excluding hydrogens is 312 g/mol. The van der Waals surface area contributed by atoms with Gasteiger partial charge in [0.1, 0.15) is 5.69 Å². The van der Waals surface area contributed by atoms with Crippen LogP contribution in [0.5, 0.6) is 0 Å². The molecule has 2 amide bonds. The number of aryl methyl sites for hydroxylation is 1. The van der Waals surface area contributed by atoms with Crippen LogP contribution in [0.25, 0.3) is 0 Å². The SMILES string of the molecule is Cc1cccc(C(=O)Nc2nc(C(=O)NCCN(C)C)cs2)c1. The first-order chi connectivity index (χ1) is 11.0. The molecule has 2 aromatic rings. The minimum Gasteiger partial charge on any atom is -0.349 e. The van der Waals surface area contributed by atoms with Crippen LogP contribution in [0.3, 0.4) is 0 Å². The fourth-order valence-electron chi connectivity index (χ4n) is 1.87. The van der Waals surface area contributed by atoms with Crippen molar-refractivity contribution in [1.29, 1.82) is 0 Å². The fourth-order valence-corrected chi connectivity index (χ4v) is 2.56. The van der Waals surface area contributed by atoms with Crippen molar-refractivity contribution in [3.63, 3.8) is 0 Å². The number of nitrogens with zero attached hydrogens (tertiary/aromatic N) is 2. The quantitative estimate of drug-likeness (QED) is 0.848. The molecule has 0 aliphatic rings. The summed E-state index contributed by atoms with van der Waals surface area (Å²) < 4.78 is 0. The van der Waals surface area contributed by atoms with E-state index in [1.807, 2.05) is 38.1 Å². The number of hydrogen-bond acceptors (Lipinski definition) is 5. The predicted molar refractivity (Wildman–Crippen MR) is 92.1 cm³/mol. The highest BCUT2D eigenvalue weighted by molar-refractivity contribution is 7.14. The van der Waals surface area contributed by atoms with Crippen LogP contribution >= 0.6 is 11.3 Å². The number of carbonyl (C=O) groups is 2. The molecule has 2 N–H and O–H groups in total. The third-order valence-electron chi connectivity index (χ3n) is 3.08. The summed E-state index contributed by atoms with van der Waals surface area (Å²) in [6, 6.07) is 7.30.